The van der Waals surface area contributed by atoms with Crippen LogP contribution in [-0.4, -0.2) is 15.6 Å². The van der Waals surface area contributed by atoms with E-state index in [0.29, 0.717) is 17.5 Å². The minimum absolute atomic E-state index is 0.458. The first-order valence-electron chi connectivity index (χ1n) is 6.89. The largest absolute Gasteiger partial charge is 0.478 e. The Bertz CT molecular complexity index is 461. The quantitative estimate of drug-likeness (QED) is 0.885. The maximum atomic E-state index is 11.2. The Morgan fingerprint density at radius 3 is 2.56 bits per heavy atom. The topological polar surface area (TPSA) is 42.2 Å². The number of aromatic nitrogens is 1. The molecule has 3 atom stereocenters. The van der Waals surface area contributed by atoms with Crippen molar-refractivity contribution < 1.29 is 9.90 Å². The average Bonchev–Trinajstić information content (AvgIpc) is 2.80. The Kier molecular flexibility index (Phi) is 3.51. The molecule has 0 radical (unpaired) electrons. The van der Waals surface area contributed by atoms with Crippen molar-refractivity contribution in [3.63, 3.8) is 0 Å². The SMILES string of the molecule is CCC1CCC(n2c(C)cc(C(=O)O)c2C)C1C. The zero-order valence-corrected chi connectivity index (χ0v) is 11.7. The molecule has 3 unspecified atom stereocenters. The average molecular weight is 249 g/mol. The van der Waals surface area contributed by atoms with E-state index in [1.165, 1.54) is 19.3 Å². The van der Waals surface area contributed by atoms with Crippen molar-refractivity contribution in [2.45, 2.75) is 53.0 Å². The van der Waals surface area contributed by atoms with Crippen LogP contribution in [-0.2, 0) is 0 Å². The Balaban J connectivity index is 2.38. The molecule has 1 aromatic heterocycles. The molecule has 0 saturated heterocycles. The Hall–Kier alpha value is -1.25. The van der Waals surface area contributed by atoms with Gasteiger partial charge < -0.3 is 9.67 Å². The predicted molar refractivity (Wildman–Crippen MR) is 72.1 cm³/mol. The highest BCUT2D eigenvalue weighted by Gasteiger charge is 2.34. The minimum Gasteiger partial charge on any atom is -0.478 e. The highest BCUT2D eigenvalue weighted by atomic mass is 16.4. The minimum atomic E-state index is -0.813. The number of hydrogen-bond acceptors (Lipinski definition) is 1. The van der Waals surface area contributed by atoms with Crippen LogP contribution in [0.15, 0.2) is 6.07 Å². The fraction of sp³-hybridized carbons (Fsp3) is 0.667. The lowest BCUT2D eigenvalue weighted by molar-refractivity contribution is 0.0696. The van der Waals surface area contributed by atoms with Gasteiger partial charge in [-0.25, -0.2) is 4.79 Å². The fourth-order valence-corrected chi connectivity index (χ4v) is 3.67. The molecule has 18 heavy (non-hydrogen) atoms. The van der Waals surface area contributed by atoms with Gasteiger partial charge in [0.2, 0.25) is 0 Å². The molecular formula is C15H23NO2. The van der Waals surface area contributed by atoms with Crippen molar-refractivity contribution in [3.05, 3.63) is 23.0 Å². The van der Waals surface area contributed by atoms with Crippen LogP contribution in [0.1, 0.15) is 60.9 Å². The number of hydrogen-bond donors (Lipinski definition) is 1. The van der Waals surface area contributed by atoms with E-state index in [1.807, 2.05) is 19.9 Å². The molecule has 0 spiro atoms. The third kappa shape index (κ3) is 1.96. The van der Waals surface area contributed by atoms with E-state index < -0.39 is 5.97 Å². The lowest BCUT2D eigenvalue weighted by Crippen LogP contribution is -2.18. The van der Waals surface area contributed by atoms with Gasteiger partial charge in [-0.15, -0.1) is 0 Å². The van der Waals surface area contributed by atoms with Crippen molar-refractivity contribution in [3.8, 4) is 0 Å². The molecular weight excluding hydrogens is 226 g/mol. The first-order valence-corrected chi connectivity index (χ1v) is 6.89. The summed E-state index contributed by atoms with van der Waals surface area (Å²) >= 11 is 0. The van der Waals surface area contributed by atoms with Crippen molar-refractivity contribution in [1.82, 2.24) is 4.57 Å². The molecule has 100 valence electrons. The molecule has 1 fully saturated rings. The van der Waals surface area contributed by atoms with Crippen LogP contribution in [0.25, 0.3) is 0 Å². The van der Waals surface area contributed by atoms with Crippen LogP contribution in [0, 0.1) is 25.7 Å². The zero-order chi connectivity index (χ0) is 13.4. The second-order valence-electron chi connectivity index (χ2n) is 5.63. The van der Waals surface area contributed by atoms with Crippen LogP contribution in [0.4, 0.5) is 0 Å². The van der Waals surface area contributed by atoms with Gasteiger partial charge >= 0.3 is 5.97 Å². The van der Waals surface area contributed by atoms with Gasteiger partial charge in [-0.2, -0.15) is 0 Å². The summed E-state index contributed by atoms with van der Waals surface area (Å²) in [6, 6.07) is 2.28. The van der Waals surface area contributed by atoms with Crippen LogP contribution in [0.3, 0.4) is 0 Å². The number of carboxylic acids is 1. The molecule has 0 aliphatic heterocycles. The van der Waals surface area contributed by atoms with Crippen LogP contribution in [0.5, 0.6) is 0 Å². The van der Waals surface area contributed by atoms with E-state index in [-0.39, 0.29) is 0 Å². The molecule has 0 amide bonds. The number of nitrogens with zero attached hydrogens (tertiary/aromatic N) is 1. The second kappa shape index (κ2) is 4.79. The van der Waals surface area contributed by atoms with Crippen molar-refractivity contribution in [1.29, 1.82) is 0 Å². The maximum absolute atomic E-state index is 11.2. The first-order chi connectivity index (χ1) is 8.47. The van der Waals surface area contributed by atoms with Gasteiger partial charge in [0.1, 0.15) is 0 Å². The van der Waals surface area contributed by atoms with Gasteiger partial charge in [0, 0.05) is 17.4 Å². The zero-order valence-electron chi connectivity index (χ0n) is 11.7. The standard InChI is InChI=1S/C15H23NO2/c1-5-12-6-7-14(10(12)3)16-9(2)8-13(11(16)4)15(17)18/h8,10,12,14H,5-7H2,1-4H3,(H,17,18). The molecule has 1 aliphatic carbocycles. The third-order valence-corrected chi connectivity index (χ3v) is 4.75. The molecule has 1 heterocycles. The maximum Gasteiger partial charge on any atom is 0.337 e. The normalized spacial score (nSPS) is 27.7. The summed E-state index contributed by atoms with van der Waals surface area (Å²) in [5.41, 5.74) is 2.45. The highest BCUT2D eigenvalue weighted by molar-refractivity contribution is 5.89. The molecule has 3 heteroatoms. The lowest BCUT2D eigenvalue weighted by Gasteiger charge is -2.24. The van der Waals surface area contributed by atoms with Gasteiger partial charge in [0.05, 0.1) is 5.56 Å². The van der Waals surface area contributed by atoms with Gasteiger partial charge in [-0.1, -0.05) is 20.3 Å². The van der Waals surface area contributed by atoms with Crippen molar-refractivity contribution in [2.75, 3.05) is 0 Å². The number of carbonyl (C=O) groups is 1. The summed E-state index contributed by atoms with van der Waals surface area (Å²) in [6.45, 7) is 8.51. The fourth-order valence-electron chi connectivity index (χ4n) is 3.67. The Morgan fingerprint density at radius 1 is 1.44 bits per heavy atom. The predicted octanol–water partition coefficient (Wildman–Crippen LogP) is 3.80. The van der Waals surface area contributed by atoms with Crippen LogP contribution < -0.4 is 0 Å². The molecule has 3 nitrogen and oxygen atoms in total. The molecule has 1 aliphatic rings. The van der Waals surface area contributed by atoms with Crippen molar-refractivity contribution in [2.24, 2.45) is 11.8 Å². The summed E-state index contributed by atoms with van der Waals surface area (Å²) in [5.74, 6) is 0.609. The molecule has 0 bridgehead atoms. The van der Waals surface area contributed by atoms with E-state index in [1.54, 1.807) is 0 Å². The van der Waals surface area contributed by atoms with Gasteiger partial charge in [-0.05, 0) is 44.6 Å². The third-order valence-electron chi connectivity index (χ3n) is 4.75. The Labute approximate surface area is 109 Å². The molecule has 1 aromatic rings. The summed E-state index contributed by atoms with van der Waals surface area (Å²) in [5, 5.41) is 9.20. The summed E-state index contributed by atoms with van der Waals surface area (Å²) in [6.07, 6.45) is 3.67. The lowest BCUT2D eigenvalue weighted by atomic mass is 9.93. The molecule has 1 N–H and O–H groups in total. The summed E-state index contributed by atoms with van der Waals surface area (Å²) in [4.78, 5) is 11.2. The molecule has 2 rings (SSSR count). The smallest absolute Gasteiger partial charge is 0.337 e. The molecule has 0 aromatic carbocycles. The van der Waals surface area contributed by atoms with Crippen LogP contribution in [0.2, 0.25) is 0 Å². The highest BCUT2D eigenvalue weighted by Crippen LogP contribution is 2.43. The van der Waals surface area contributed by atoms with Crippen molar-refractivity contribution >= 4 is 5.97 Å². The number of carboxylic acid groups (broad SMARTS) is 1. The van der Waals surface area contributed by atoms with E-state index in [0.717, 1.165) is 17.3 Å². The monoisotopic (exact) mass is 249 g/mol. The second-order valence-corrected chi connectivity index (χ2v) is 5.63. The van der Waals surface area contributed by atoms with E-state index >= 15 is 0 Å². The van der Waals surface area contributed by atoms with E-state index in [2.05, 4.69) is 18.4 Å². The Morgan fingerprint density at radius 2 is 2.11 bits per heavy atom. The van der Waals surface area contributed by atoms with Gasteiger partial charge in [0.25, 0.3) is 0 Å². The summed E-state index contributed by atoms with van der Waals surface area (Å²) < 4.78 is 2.25. The number of aromatic carboxylic acids is 1. The van der Waals surface area contributed by atoms with Crippen LogP contribution >= 0.6 is 0 Å². The number of rotatable bonds is 3. The van der Waals surface area contributed by atoms with E-state index in [4.69, 9.17) is 0 Å². The van der Waals surface area contributed by atoms with E-state index in [9.17, 15) is 9.90 Å². The summed E-state index contributed by atoms with van der Waals surface area (Å²) in [7, 11) is 0. The first kappa shape index (κ1) is 13.2. The molecule has 1 saturated carbocycles. The van der Waals surface area contributed by atoms with Gasteiger partial charge in [-0.3, -0.25) is 0 Å². The number of aryl methyl sites for hydroxylation is 1. The van der Waals surface area contributed by atoms with Gasteiger partial charge in [0.15, 0.2) is 0 Å².